The number of amides is 1. The van der Waals surface area contributed by atoms with E-state index in [-0.39, 0.29) is 12.5 Å². The first-order valence-electron chi connectivity index (χ1n) is 23.6. The van der Waals surface area contributed by atoms with Crippen LogP contribution in [0.2, 0.25) is 0 Å². The predicted molar refractivity (Wildman–Crippen MR) is 230 cm³/mol. The number of nitrogens with one attached hydrogen (secondary N) is 1. The van der Waals surface area contributed by atoms with Crippen LogP contribution >= 0.6 is 0 Å². The SMILES string of the molecule is CCC/C=C/C(O)C(CO)NC(=O)CCCCCCCCCCCCCCCCCCCCCCCCCCC/C=C\CCCCCCCCCC. The zero-order chi connectivity index (χ0) is 37.8. The van der Waals surface area contributed by atoms with Crippen LogP contribution in [0.1, 0.15) is 258 Å². The maximum atomic E-state index is 12.2. The number of aliphatic hydroxyl groups excluding tert-OH is 2. The summed E-state index contributed by atoms with van der Waals surface area (Å²) in [5.41, 5.74) is 0. The summed E-state index contributed by atoms with van der Waals surface area (Å²) in [6, 6.07) is -0.614. The monoisotopic (exact) mass is 732 g/mol. The van der Waals surface area contributed by atoms with Crippen LogP contribution in [0.3, 0.4) is 0 Å². The molecule has 0 spiro atoms. The minimum atomic E-state index is -0.831. The van der Waals surface area contributed by atoms with Crippen molar-refractivity contribution in [3.63, 3.8) is 0 Å². The Morgan fingerprint density at radius 1 is 0.442 bits per heavy atom. The number of aliphatic hydroxyl groups is 2. The van der Waals surface area contributed by atoms with Gasteiger partial charge in [0.1, 0.15) is 0 Å². The number of hydrogen-bond donors (Lipinski definition) is 3. The first-order chi connectivity index (χ1) is 25.7. The molecule has 0 saturated carbocycles. The lowest BCUT2D eigenvalue weighted by atomic mass is 10.0. The van der Waals surface area contributed by atoms with Gasteiger partial charge < -0.3 is 15.5 Å². The molecule has 0 aliphatic heterocycles. The molecule has 0 aromatic heterocycles. The van der Waals surface area contributed by atoms with Crippen molar-refractivity contribution in [2.45, 2.75) is 270 Å². The van der Waals surface area contributed by atoms with Gasteiger partial charge in [-0.1, -0.05) is 237 Å². The quantitative estimate of drug-likeness (QED) is 0.0432. The van der Waals surface area contributed by atoms with Crippen LogP contribution in [0, 0.1) is 0 Å². The number of allylic oxidation sites excluding steroid dienone is 3. The Bertz CT molecular complexity index is 750. The average molecular weight is 732 g/mol. The molecule has 0 aromatic rings. The fraction of sp³-hybridized carbons (Fsp3) is 0.896. The zero-order valence-electron chi connectivity index (χ0n) is 35.3. The average Bonchev–Trinajstić information content (AvgIpc) is 3.15. The Labute approximate surface area is 326 Å². The van der Waals surface area contributed by atoms with Crippen molar-refractivity contribution < 1.29 is 15.0 Å². The molecule has 308 valence electrons. The number of carbonyl (C=O) groups excluding carboxylic acids is 1. The zero-order valence-corrected chi connectivity index (χ0v) is 35.3. The predicted octanol–water partition coefficient (Wildman–Crippen LogP) is 14.8. The van der Waals surface area contributed by atoms with Gasteiger partial charge in [-0.3, -0.25) is 4.79 Å². The summed E-state index contributed by atoms with van der Waals surface area (Å²) in [6.45, 7) is 4.13. The molecular weight excluding hydrogens is 639 g/mol. The number of unbranched alkanes of at least 4 members (excludes halogenated alkanes) is 34. The van der Waals surface area contributed by atoms with Crippen LogP contribution in [0.25, 0.3) is 0 Å². The van der Waals surface area contributed by atoms with Gasteiger partial charge >= 0.3 is 0 Å². The molecule has 52 heavy (non-hydrogen) atoms. The smallest absolute Gasteiger partial charge is 0.220 e. The standard InChI is InChI=1S/C48H93NO3/c1-3-5-7-8-9-10-11-12-13-14-15-16-17-18-19-20-21-22-23-24-25-26-27-28-29-30-31-32-33-34-35-36-37-38-39-40-42-44-48(52)49-46(45-50)47(51)43-41-6-4-2/h14-15,41,43,46-47,50-51H,3-13,16-40,42,44-45H2,1-2H3,(H,49,52)/b15-14-,43-41+. The highest BCUT2D eigenvalue weighted by molar-refractivity contribution is 5.76. The van der Waals surface area contributed by atoms with Crippen molar-refractivity contribution in [3.05, 3.63) is 24.3 Å². The number of carbonyl (C=O) groups is 1. The highest BCUT2D eigenvalue weighted by Crippen LogP contribution is 2.17. The molecule has 0 bridgehead atoms. The van der Waals surface area contributed by atoms with Crippen LogP contribution in [-0.2, 0) is 4.79 Å². The van der Waals surface area contributed by atoms with Gasteiger partial charge in [0, 0.05) is 6.42 Å². The molecule has 3 N–H and O–H groups in total. The summed E-state index contributed by atoms with van der Waals surface area (Å²) >= 11 is 0. The Balaban J connectivity index is 3.25. The van der Waals surface area contributed by atoms with Crippen molar-refractivity contribution in [1.82, 2.24) is 5.32 Å². The summed E-state index contributed by atoms with van der Waals surface area (Å²) < 4.78 is 0. The topological polar surface area (TPSA) is 69.6 Å². The van der Waals surface area contributed by atoms with E-state index < -0.39 is 12.1 Å². The third-order valence-electron chi connectivity index (χ3n) is 10.9. The second kappa shape index (κ2) is 44.3. The molecule has 0 radical (unpaired) electrons. The maximum absolute atomic E-state index is 12.2. The van der Waals surface area contributed by atoms with E-state index in [1.54, 1.807) is 6.08 Å². The molecule has 0 aromatic carbocycles. The van der Waals surface area contributed by atoms with Crippen LogP contribution < -0.4 is 5.32 Å². The lowest BCUT2D eigenvalue weighted by Crippen LogP contribution is -2.45. The molecule has 0 heterocycles. The van der Waals surface area contributed by atoms with Gasteiger partial charge in [0.2, 0.25) is 5.91 Å². The molecule has 0 aliphatic rings. The summed E-state index contributed by atoms with van der Waals surface area (Å²) in [4.78, 5) is 12.2. The molecule has 4 nitrogen and oxygen atoms in total. The Kier molecular flexibility index (Phi) is 43.3. The number of rotatable bonds is 43. The van der Waals surface area contributed by atoms with E-state index in [0.717, 1.165) is 25.7 Å². The molecule has 0 fully saturated rings. The summed E-state index contributed by atoms with van der Waals surface area (Å²) in [5.74, 6) is -0.0722. The van der Waals surface area contributed by atoms with Crippen molar-refractivity contribution in [3.8, 4) is 0 Å². The Morgan fingerprint density at radius 2 is 0.769 bits per heavy atom. The summed E-state index contributed by atoms with van der Waals surface area (Å²) in [7, 11) is 0. The van der Waals surface area contributed by atoms with Gasteiger partial charge in [-0.25, -0.2) is 0 Å². The normalized spacial score (nSPS) is 13.1. The van der Waals surface area contributed by atoms with Crippen LogP contribution in [0.15, 0.2) is 24.3 Å². The van der Waals surface area contributed by atoms with Crippen molar-refractivity contribution in [2.24, 2.45) is 0 Å². The highest BCUT2D eigenvalue weighted by atomic mass is 16.3. The molecule has 4 heteroatoms. The second-order valence-corrected chi connectivity index (χ2v) is 16.2. The van der Waals surface area contributed by atoms with Gasteiger partial charge in [0.15, 0.2) is 0 Å². The fourth-order valence-corrected chi connectivity index (χ4v) is 7.30. The van der Waals surface area contributed by atoms with Crippen LogP contribution in [0.4, 0.5) is 0 Å². The van der Waals surface area contributed by atoms with E-state index >= 15 is 0 Å². The van der Waals surface area contributed by atoms with Crippen molar-refractivity contribution >= 4 is 5.91 Å². The van der Waals surface area contributed by atoms with Gasteiger partial charge in [0.05, 0.1) is 18.8 Å². The summed E-state index contributed by atoms with van der Waals surface area (Å²) in [6.07, 6.45) is 58.3. The number of hydrogen-bond acceptors (Lipinski definition) is 3. The van der Waals surface area contributed by atoms with E-state index in [9.17, 15) is 15.0 Å². The highest BCUT2D eigenvalue weighted by Gasteiger charge is 2.17. The van der Waals surface area contributed by atoms with E-state index in [1.165, 1.54) is 212 Å². The molecule has 2 atom stereocenters. The van der Waals surface area contributed by atoms with E-state index in [1.807, 2.05) is 6.08 Å². The molecule has 2 unspecified atom stereocenters. The molecule has 0 saturated heterocycles. The largest absolute Gasteiger partial charge is 0.394 e. The second-order valence-electron chi connectivity index (χ2n) is 16.2. The Morgan fingerprint density at radius 3 is 1.10 bits per heavy atom. The van der Waals surface area contributed by atoms with Crippen molar-refractivity contribution in [1.29, 1.82) is 0 Å². The minimum absolute atomic E-state index is 0.0722. The van der Waals surface area contributed by atoms with Gasteiger partial charge in [-0.15, -0.1) is 0 Å². The van der Waals surface area contributed by atoms with Crippen molar-refractivity contribution in [2.75, 3.05) is 6.61 Å². The van der Waals surface area contributed by atoms with E-state index in [2.05, 4.69) is 31.3 Å². The fourth-order valence-electron chi connectivity index (χ4n) is 7.30. The lowest BCUT2D eigenvalue weighted by Gasteiger charge is -2.19. The van der Waals surface area contributed by atoms with Crippen LogP contribution in [0.5, 0.6) is 0 Å². The van der Waals surface area contributed by atoms with Gasteiger partial charge in [-0.05, 0) is 38.5 Å². The molecule has 0 rings (SSSR count). The van der Waals surface area contributed by atoms with Gasteiger partial charge in [0.25, 0.3) is 0 Å². The van der Waals surface area contributed by atoms with Gasteiger partial charge in [-0.2, -0.15) is 0 Å². The van der Waals surface area contributed by atoms with E-state index in [0.29, 0.717) is 6.42 Å². The van der Waals surface area contributed by atoms with E-state index in [4.69, 9.17) is 0 Å². The first-order valence-corrected chi connectivity index (χ1v) is 23.6. The minimum Gasteiger partial charge on any atom is -0.394 e. The van der Waals surface area contributed by atoms with Crippen LogP contribution in [-0.4, -0.2) is 34.9 Å². The Hall–Kier alpha value is -1.13. The lowest BCUT2D eigenvalue weighted by molar-refractivity contribution is -0.123. The molecular formula is C48H93NO3. The maximum Gasteiger partial charge on any atom is 0.220 e. The molecule has 0 aliphatic carbocycles. The molecule has 1 amide bonds. The summed E-state index contributed by atoms with van der Waals surface area (Å²) in [5, 5.41) is 22.4. The first kappa shape index (κ1) is 50.9. The third-order valence-corrected chi connectivity index (χ3v) is 10.9. The third kappa shape index (κ3) is 40.1.